The van der Waals surface area contributed by atoms with E-state index in [2.05, 4.69) is 34.1 Å². The van der Waals surface area contributed by atoms with Crippen LogP contribution >= 0.6 is 0 Å². The van der Waals surface area contributed by atoms with Crippen LogP contribution in [0.5, 0.6) is 11.5 Å². The van der Waals surface area contributed by atoms with E-state index in [0.717, 1.165) is 49.4 Å². The molecule has 15 heteroatoms. The molecule has 2 aromatic heterocycles. The average molecular weight is 1030 g/mol. The molecule has 11 rings (SSSR count). The Kier molecular flexibility index (Phi) is 14.1. The third kappa shape index (κ3) is 10.1. The second-order valence-electron chi connectivity index (χ2n) is 21.8. The summed E-state index contributed by atoms with van der Waals surface area (Å²) < 4.78 is 30.7. The van der Waals surface area contributed by atoms with E-state index in [1.165, 1.54) is 49.4 Å². The van der Waals surface area contributed by atoms with Crippen LogP contribution in [0.1, 0.15) is 91.3 Å². The molecule has 0 unspecified atom stereocenters. The Morgan fingerprint density at radius 2 is 1.58 bits per heavy atom. The lowest BCUT2D eigenvalue weighted by Crippen LogP contribution is -2.51. The number of fused-ring (bicyclic) bond motifs is 2. The van der Waals surface area contributed by atoms with E-state index in [9.17, 15) is 15.2 Å². The van der Waals surface area contributed by atoms with Gasteiger partial charge in [0.15, 0.2) is 0 Å². The minimum Gasteiger partial charge on any atom is -0.508 e. The fourth-order valence-corrected chi connectivity index (χ4v) is 12.0. The van der Waals surface area contributed by atoms with Crippen molar-refractivity contribution in [2.24, 2.45) is 19.5 Å². The number of ether oxygens (including phenoxy) is 2. The van der Waals surface area contributed by atoms with Gasteiger partial charge in [0.1, 0.15) is 35.7 Å². The van der Waals surface area contributed by atoms with Crippen LogP contribution in [-0.4, -0.2) is 123 Å². The Morgan fingerprint density at radius 3 is 2.29 bits per heavy atom. The molecule has 3 amide bonds. The van der Waals surface area contributed by atoms with Crippen LogP contribution in [0, 0.1) is 36.4 Å². The monoisotopic (exact) mass is 1030 g/mol. The Morgan fingerprint density at radius 1 is 0.829 bits per heavy atom. The Labute approximate surface area is 444 Å². The lowest BCUT2D eigenvalue weighted by atomic mass is 9.87. The molecule has 1 atom stereocenters. The zero-order valence-corrected chi connectivity index (χ0v) is 44.1. The smallest absolute Gasteiger partial charge is 0.265 e. The van der Waals surface area contributed by atoms with Crippen LogP contribution in [0.3, 0.4) is 0 Å². The topological polar surface area (TPSA) is 140 Å². The number of halogens is 1. The number of nitriles is 1. The molecule has 1 aliphatic carbocycles. The van der Waals surface area contributed by atoms with Crippen LogP contribution in [0.15, 0.2) is 91.1 Å². The second kappa shape index (κ2) is 21.1. The van der Waals surface area contributed by atoms with Gasteiger partial charge in [-0.1, -0.05) is 30.3 Å². The molecule has 4 aliphatic heterocycles. The van der Waals surface area contributed by atoms with Gasteiger partial charge in [-0.05, 0) is 153 Å². The van der Waals surface area contributed by atoms with Crippen molar-refractivity contribution < 1.29 is 33.4 Å². The van der Waals surface area contributed by atoms with Crippen molar-refractivity contribution in [3.8, 4) is 28.7 Å². The average Bonchev–Trinajstić information content (AvgIpc) is 4.05. The highest BCUT2D eigenvalue weighted by atomic mass is 19.1. The molecule has 4 aromatic carbocycles. The van der Waals surface area contributed by atoms with Crippen molar-refractivity contribution in [3.05, 3.63) is 153 Å². The quantitative estimate of drug-likeness (QED) is 0.121. The number of benzene rings is 4. The summed E-state index contributed by atoms with van der Waals surface area (Å²) in [6, 6.07) is 27.3. The summed E-state index contributed by atoms with van der Waals surface area (Å²) in [6.45, 7) is 11.7. The number of aryl methyl sites for hydroxylation is 1. The normalized spacial score (nSPS) is 18.2. The minimum atomic E-state index is -0.498. The van der Waals surface area contributed by atoms with Gasteiger partial charge in [-0.25, -0.2) is 4.39 Å². The van der Waals surface area contributed by atoms with Crippen LogP contribution in [0.2, 0.25) is 0 Å². The number of anilines is 2. The SMILES string of the molecule is Cc1c(C(=O)N(c2ccc(O)cc2)c2cc(C#N)n(C)c2C)c(-c2cc3c(cc2C(=O)N2Cc4ccccc4C[C@H]2CN2CCC4(CC2)CC4)CN(C(=O)Cc2ccc(OCCN4CCOCC4)cc2F)CC3)cn1C. The highest BCUT2D eigenvalue weighted by molar-refractivity contribution is 6.16. The van der Waals surface area contributed by atoms with Crippen molar-refractivity contribution in [1.29, 1.82) is 5.26 Å². The van der Waals surface area contributed by atoms with Gasteiger partial charge in [-0.3, -0.25) is 24.2 Å². The lowest BCUT2D eigenvalue weighted by Gasteiger charge is -2.42. The van der Waals surface area contributed by atoms with E-state index in [1.54, 1.807) is 51.7 Å². The van der Waals surface area contributed by atoms with Crippen molar-refractivity contribution in [1.82, 2.24) is 28.7 Å². The van der Waals surface area contributed by atoms with Gasteiger partial charge in [-0.15, -0.1) is 0 Å². The number of rotatable bonds is 13. The van der Waals surface area contributed by atoms with E-state index < -0.39 is 5.82 Å². The number of amides is 3. The first kappa shape index (κ1) is 50.9. The number of nitrogens with zero attached hydrogens (tertiary/aromatic N) is 8. The standard InChI is InChI=1S/C61H67FN8O6/c1-40-56(33-48(35-63)65(40)4)70(47-10-12-50(71)13-11-47)60(74)58-41(2)64(3)39-54(58)52-30-43-15-20-68(57(72)32-44-9-14-51(34-55(44)62)76-28-25-66-23-26-75-27-24-66)36-46(43)31-53(52)59(73)69-37-45-8-6-5-7-42(45)29-49(69)38-67-21-18-61(16-17-61)19-22-67/h5-14,30-31,33-34,39,49,71H,15-29,32,36-38H2,1-4H3/t49-/m0/s1. The first-order valence-electron chi connectivity index (χ1n) is 26.9. The van der Waals surface area contributed by atoms with E-state index in [0.29, 0.717) is 114 Å². The van der Waals surface area contributed by atoms with Crippen molar-refractivity contribution >= 4 is 29.1 Å². The summed E-state index contributed by atoms with van der Waals surface area (Å²) in [5, 5.41) is 20.5. The molecule has 1 saturated carbocycles. The van der Waals surface area contributed by atoms with Crippen molar-refractivity contribution in [2.75, 3.05) is 70.5 Å². The number of aromatic hydroxyl groups is 1. The fraction of sp³-hybridized carbons (Fsp3) is 0.410. The van der Waals surface area contributed by atoms with Crippen LogP contribution in [0.4, 0.5) is 15.8 Å². The number of carbonyl (C=O) groups is 3. The van der Waals surface area contributed by atoms with Gasteiger partial charge in [0, 0.05) is 106 Å². The van der Waals surface area contributed by atoms with E-state index >= 15 is 14.0 Å². The highest BCUT2D eigenvalue weighted by Gasteiger charge is 2.45. The van der Waals surface area contributed by atoms with E-state index in [1.807, 2.05) is 54.8 Å². The number of hydrogen-bond donors (Lipinski definition) is 1. The second-order valence-corrected chi connectivity index (χ2v) is 21.8. The number of hydrogen-bond acceptors (Lipinski definition) is 9. The maximum atomic E-state index is 16.0. The minimum absolute atomic E-state index is 0.0422. The molecular weight excluding hydrogens is 960 g/mol. The Balaban J connectivity index is 0.952. The molecule has 1 spiro atoms. The molecule has 2 saturated heterocycles. The van der Waals surface area contributed by atoms with Gasteiger partial charge in [0.05, 0.1) is 30.9 Å². The third-order valence-corrected chi connectivity index (χ3v) is 17.2. The predicted molar refractivity (Wildman–Crippen MR) is 288 cm³/mol. The summed E-state index contributed by atoms with van der Waals surface area (Å²) >= 11 is 0. The largest absolute Gasteiger partial charge is 0.508 e. The van der Waals surface area contributed by atoms with Gasteiger partial charge < -0.3 is 38.4 Å². The molecule has 0 radical (unpaired) electrons. The third-order valence-electron chi connectivity index (χ3n) is 17.2. The van der Waals surface area contributed by atoms with E-state index in [-0.39, 0.29) is 48.0 Å². The molecular formula is C61H67FN8O6. The molecule has 5 aliphatic rings. The number of aromatic nitrogens is 2. The number of piperidine rings is 1. The molecule has 1 N–H and O–H groups in total. The number of phenols is 1. The first-order valence-corrected chi connectivity index (χ1v) is 26.9. The summed E-state index contributed by atoms with van der Waals surface area (Å²) in [4.78, 5) is 56.1. The zero-order chi connectivity index (χ0) is 52.8. The molecule has 76 heavy (non-hydrogen) atoms. The van der Waals surface area contributed by atoms with Gasteiger partial charge in [-0.2, -0.15) is 5.26 Å². The maximum absolute atomic E-state index is 16.0. The van der Waals surface area contributed by atoms with E-state index in [4.69, 9.17) is 9.47 Å². The maximum Gasteiger partial charge on any atom is 0.265 e. The highest BCUT2D eigenvalue weighted by Crippen LogP contribution is 2.53. The van der Waals surface area contributed by atoms with Gasteiger partial charge in [0.25, 0.3) is 11.8 Å². The van der Waals surface area contributed by atoms with Crippen LogP contribution in [0.25, 0.3) is 11.1 Å². The Bertz CT molecular complexity index is 3240. The summed E-state index contributed by atoms with van der Waals surface area (Å²) in [5.41, 5.74) is 9.68. The predicted octanol–water partition coefficient (Wildman–Crippen LogP) is 8.62. The Hall–Kier alpha value is -7.25. The molecule has 3 fully saturated rings. The van der Waals surface area contributed by atoms with Gasteiger partial charge in [0.2, 0.25) is 5.91 Å². The molecule has 0 bridgehead atoms. The summed E-state index contributed by atoms with van der Waals surface area (Å²) in [7, 11) is 3.68. The fourth-order valence-electron chi connectivity index (χ4n) is 12.0. The van der Waals surface area contributed by atoms with Crippen LogP contribution < -0.4 is 9.64 Å². The number of morpholine rings is 1. The van der Waals surface area contributed by atoms with Gasteiger partial charge >= 0.3 is 0 Å². The van der Waals surface area contributed by atoms with Crippen molar-refractivity contribution in [2.45, 2.75) is 77.9 Å². The lowest BCUT2D eigenvalue weighted by molar-refractivity contribution is -0.131. The van der Waals surface area contributed by atoms with Crippen LogP contribution in [-0.2, 0) is 56.0 Å². The summed E-state index contributed by atoms with van der Waals surface area (Å²) in [5.74, 6) is -0.783. The number of carbonyl (C=O) groups excluding carboxylic acids is 3. The number of phenolic OH excluding ortho intramolecular Hbond substituents is 1. The molecule has 394 valence electrons. The molecule has 6 aromatic rings. The molecule has 14 nitrogen and oxygen atoms in total. The zero-order valence-electron chi connectivity index (χ0n) is 44.1. The first-order chi connectivity index (χ1) is 36.8. The van der Waals surface area contributed by atoms with Crippen molar-refractivity contribution in [3.63, 3.8) is 0 Å². The number of likely N-dealkylation sites (tertiary alicyclic amines) is 1. The summed E-state index contributed by atoms with van der Waals surface area (Å²) in [6.07, 6.45) is 7.97. The molecule has 6 heterocycles.